The maximum atomic E-state index is 11.7. The van der Waals surface area contributed by atoms with Crippen LogP contribution in [0, 0.1) is 0 Å². The van der Waals surface area contributed by atoms with Gasteiger partial charge in [0.1, 0.15) is 13.2 Å². The molecule has 0 fully saturated rings. The maximum absolute atomic E-state index is 11.7. The van der Waals surface area contributed by atoms with Crippen LogP contribution in [0.4, 0.5) is 11.4 Å². The van der Waals surface area contributed by atoms with Gasteiger partial charge in [-0.2, -0.15) is 0 Å². The fourth-order valence-electron chi connectivity index (χ4n) is 2.42. The zero-order valence-electron chi connectivity index (χ0n) is 16.7. The summed E-state index contributed by atoms with van der Waals surface area (Å²) in [5.74, 6) is -1.14. The number of nitrogens with zero attached hydrogens (tertiary/aromatic N) is 2. The third-order valence-corrected chi connectivity index (χ3v) is 4.09. The van der Waals surface area contributed by atoms with E-state index in [4.69, 9.17) is 9.47 Å². The van der Waals surface area contributed by atoms with Crippen LogP contribution in [0.5, 0.6) is 0 Å². The average molecular weight is 419 g/mol. The molecule has 0 saturated carbocycles. The molecule has 0 unspecified atom stereocenters. The summed E-state index contributed by atoms with van der Waals surface area (Å²) in [5.41, 5.74) is 2.08. The molecule has 0 aliphatic rings. The van der Waals surface area contributed by atoms with Crippen molar-refractivity contribution in [2.24, 2.45) is 0 Å². The second-order valence-corrected chi connectivity index (χ2v) is 6.18. The number of likely N-dealkylation sites (N-methyl/N-ethyl adjacent to an activating group) is 2. The topological polar surface area (TPSA) is 59.1 Å². The van der Waals surface area contributed by atoms with Gasteiger partial charge in [0, 0.05) is 37.6 Å². The predicted octanol–water partition coefficient (Wildman–Crippen LogP) is 3.32. The van der Waals surface area contributed by atoms with Crippen molar-refractivity contribution in [2.75, 3.05) is 50.2 Å². The summed E-state index contributed by atoms with van der Waals surface area (Å²) < 4.78 is 10.2. The SMILES string of the molecule is CN(CCOC(=O)/C=C/C(=O)OCCN(C)c1ccccc1)c1ccccc1.Cl. The van der Waals surface area contributed by atoms with Crippen LogP contribution in [-0.4, -0.2) is 52.3 Å². The Hall–Kier alpha value is -2.99. The predicted molar refractivity (Wildman–Crippen MR) is 118 cm³/mol. The number of hydrogen-bond acceptors (Lipinski definition) is 6. The van der Waals surface area contributed by atoms with E-state index >= 15 is 0 Å². The molecule has 0 bridgehead atoms. The number of benzene rings is 2. The van der Waals surface area contributed by atoms with Crippen molar-refractivity contribution in [1.82, 2.24) is 0 Å². The summed E-state index contributed by atoms with van der Waals surface area (Å²) in [5, 5.41) is 0. The van der Waals surface area contributed by atoms with Crippen molar-refractivity contribution in [3.63, 3.8) is 0 Å². The second kappa shape index (κ2) is 13.2. The molecule has 0 aromatic heterocycles. The van der Waals surface area contributed by atoms with Crippen LogP contribution in [0.15, 0.2) is 72.8 Å². The standard InChI is InChI=1S/C22H26N2O4.ClH/c1-23(19-9-5-3-6-10-19)15-17-27-21(25)13-14-22(26)28-18-16-24(2)20-11-7-4-8-12-20;/h3-14H,15-18H2,1-2H3;1H/b14-13+;. The number of carbonyl (C=O) groups excluding carboxylic acids is 2. The first-order valence-corrected chi connectivity index (χ1v) is 9.10. The Morgan fingerprint density at radius 2 is 1.07 bits per heavy atom. The molecule has 0 atom stereocenters. The van der Waals surface area contributed by atoms with E-state index in [-0.39, 0.29) is 25.6 Å². The molecule has 6 nitrogen and oxygen atoms in total. The van der Waals surface area contributed by atoms with E-state index in [9.17, 15) is 9.59 Å². The summed E-state index contributed by atoms with van der Waals surface area (Å²) in [6, 6.07) is 19.6. The van der Waals surface area contributed by atoms with Gasteiger partial charge in [0.25, 0.3) is 0 Å². The molecule has 0 amide bonds. The number of esters is 2. The molecular weight excluding hydrogens is 392 g/mol. The summed E-state index contributed by atoms with van der Waals surface area (Å²) in [6.07, 6.45) is 2.18. The van der Waals surface area contributed by atoms with Crippen molar-refractivity contribution >= 4 is 35.7 Å². The van der Waals surface area contributed by atoms with Gasteiger partial charge < -0.3 is 19.3 Å². The van der Waals surface area contributed by atoms with Gasteiger partial charge in [0.15, 0.2) is 0 Å². The van der Waals surface area contributed by atoms with Crippen molar-refractivity contribution in [2.45, 2.75) is 0 Å². The Bertz CT molecular complexity index is 703. The van der Waals surface area contributed by atoms with Crippen LogP contribution in [0.3, 0.4) is 0 Å². The van der Waals surface area contributed by atoms with Crippen LogP contribution >= 0.6 is 12.4 Å². The minimum absolute atomic E-state index is 0. The summed E-state index contributed by atoms with van der Waals surface area (Å²) >= 11 is 0. The third-order valence-electron chi connectivity index (χ3n) is 4.09. The fourth-order valence-corrected chi connectivity index (χ4v) is 2.42. The van der Waals surface area contributed by atoms with Crippen LogP contribution in [0.25, 0.3) is 0 Å². The quantitative estimate of drug-likeness (QED) is 0.435. The molecule has 2 rings (SSSR count). The highest BCUT2D eigenvalue weighted by Gasteiger charge is 2.05. The molecule has 0 aliphatic carbocycles. The van der Waals surface area contributed by atoms with E-state index in [0.29, 0.717) is 13.1 Å². The van der Waals surface area contributed by atoms with Gasteiger partial charge in [-0.1, -0.05) is 36.4 Å². The second-order valence-electron chi connectivity index (χ2n) is 6.18. The zero-order chi connectivity index (χ0) is 20.2. The first-order chi connectivity index (χ1) is 13.6. The first-order valence-electron chi connectivity index (χ1n) is 9.10. The molecular formula is C22H27ClN2O4. The third kappa shape index (κ3) is 9.17. The number of anilines is 2. The molecule has 156 valence electrons. The smallest absolute Gasteiger partial charge is 0.331 e. The molecule has 29 heavy (non-hydrogen) atoms. The van der Waals surface area contributed by atoms with Gasteiger partial charge in [0.2, 0.25) is 0 Å². The van der Waals surface area contributed by atoms with Gasteiger partial charge in [-0.05, 0) is 24.3 Å². The van der Waals surface area contributed by atoms with Crippen LogP contribution < -0.4 is 9.80 Å². The van der Waals surface area contributed by atoms with Crippen molar-refractivity contribution in [3.05, 3.63) is 72.8 Å². The Labute approximate surface area is 178 Å². The monoisotopic (exact) mass is 418 g/mol. The highest BCUT2D eigenvalue weighted by atomic mass is 35.5. The normalized spacial score (nSPS) is 10.1. The van der Waals surface area contributed by atoms with Crippen LogP contribution in [-0.2, 0) is 19.1 Å². The molecule has 0 N–H and O–H groups in total. The Kier molecular flexibility index (Phi) is 11.0. The lowest BCUT2D eigenvalue weighted by Crippen LogP contribution is -2.24. The van der Waals surface area contributed by atoms with E-state index in [1.54, 1.807) is 0 Å². The lowest BCUT2D eigenvalue weighted by atomic mass is 10.3. The average Bonchev–Trinajstić information content (AvgIpc) is 2.73. The van der Waals surface area contributed by atoms with E-state index < -0.39 is 11.9 Å². The van der Waals surface area contributed by atoms with E-state index in [2.05, 4.69) is 0 Å². The minimum atomic E-state index is -0.570. The van der Waals surface area contributed by atoms with Crippen LogP contribution in [0.2, 0.25) is 0 Å². The Balaban J connectivity index is 0.00000420. The Morgan fingerprint density at radius 1 is 0.724 bits per heavy atom. The number of carbonyl (C=O) groups is 2. The highest BCUT2D eigenvalue weighted by Crippen LogP contribution is 2.11. The Morgan fingerprint density at radius 3 is 1.41 bits per heavy atom. The van der Waals surface area contributed by atoms with Crippen molar-refractivity contribution in [3.8, 4) is 0 Å². The van der Waals surface area contributed by atoms with E-state index in [1.165, 1.54) is 0 Å². The summed E-state index contributed by atoms with van der Waals surface area (Å²) in [7, 11) is 3.84. The molecule has 0 saturated heterocycles. The number of halogens is 1. The van der Waals surface area contributed by atoms with Gasteiger partial charge in [-0.15, -0.1) is 12.4 Å². The molecule has 0 heterocycles. The first kappa shape index (κ1) is 24.0. The molecule has 7 heteroatoms. The number of ether oxygens (including phenoxy) is 2. The zero-order valence-corrected chi connectivity index (χ0v) is 17.5. The minimum Gasteiger partial charge on any atom is -0.461 e. The lowest BCUT2D eigenvalue weighted by molar-refractivity contribution is -0.140. The molecule has 0 spiro atoms. The summed E-state index contributed by atoms with van der Waals surface area (Å²) in [4.78, 5) is 27.3. The molecule has 2 aromatic carbocycles. The van der Waals surface area contributed by atoms with E-state index in [1.807, 2.05) is 84.6 Å². The fraction of sp³-hybridized carbons (Fsp3) is 0.273. The number of hydrogen-bond donors (Lipinski definition) is 0. The molecule has 2 aromatic rings. The highest BCUT2D eigenvalue weighted by molar-refractivity contribution is 5.91. The van der Waals surface area contributed by atoms with Crippen molar-refractivity contribution in [1.29, 1.82) is 0 Å². The van der Waals surface area contributed by atoms with Crippen molar-refractivity contribution < 1.29 is 19.1 Å². The van der Waals surface area contributed by atoms with Gasteiger partial charge >= 0.3 is 11.9 Å². The van der Waals surface area contributed by atoms with Gasteiger partial charge in [0.05, 0.1) is 13.1 Å². The molecule has 0 aliphatic heterocycles. The van der Waals surface area contributed by atoms with E-state index in [0.717, 1.165) is 23.5 Å². The number of rotatable bonds is 10. The van der Waals surface area contributed by atoms with Gasteiger partial charge in [-0.3, -0.25) is 0 Å². The van der Waals surface area contributed by atoms with Gasteiger partial charge in [-0.25, -0.2) is 9.59 Å². The maximum Gasteiger partial charge on any atom is 0.331 e. The van der Waals surface area contributed by atoms with Crippen LogP contribution in [0.1, 0.15) is 0 Å². The molecule has 0 radical (unpaired) electrons. The lowest BCUT2D eigenvalue weighted by Gasteiger charge is -2.18. The largest absolute Gasteiger partial charge is 0.461 e. The number of para-hydroxylation sites is 2. The summed E-state index contributed by atoms with van der Waals surface area (Å²) in [6.45, 7) is 1.57.